The largest absolute Gasteiger partial charge is 0.349 e. The Balaban J connectivity index is 1.63. The van der Waals surface area contributed by atoms with E-state index in [1.54, 1.807) is 12.1 Å². The number of Topliss-reactive ketones (excluding diaryl/α,β-unsaturated/α-hetero) is 1. The molecule has 1 N–H and O–H groups in total. The van der Waals surface area contributed by atoms with Gasteiger partial charge in [-0.1, -0.05) is 55.8 Å². The van der Waals surface area contributed by atoms with E-state index >= 15 is 0 Å². The molecule has 1 unspecified atom stereocenters. The van der Waals surface area contributed by atoms with Crippen LogP contribution in [0.25, 0.3) is 0 Å². The van der Waals surface area contributed by atoms with Gasteiger partial charge in [-0.3, -0.25) is 9.59 Å². The molecule has 0 bridgehead atoms. The molecule has 6 nitrogen and oxygen atoms in total. The fourth-order valence-corrected chi connectivity index (χ4v) is 5.48. The van der Waals surface area contributed by atoms with Gasteiger partial charge in [-0.05, 0) is 43.9 Å². The van der Waals surface area contributed by atoms with Crippen molar-refractivity contribution in [3.63, 3.8) is 0 Å². The number of carbonyl (C=O) groups excluding carboxylic acids is 2. The van der Waals surface area contributed by atoms with E-state index in [4.69, 9.17) is 0 Å². The fraction of sp³-hybridized carbons (Fsp3) is 0.417. The van der Waals surface area contributed by atoms with Gasteiger partial charge >= 0.3 is 0 Å². The molecule has 0 aromatic heterocycles. The molecule has 0 saturated carbocycles. The first kappa shape index (κ1) is 23.2. The Kier molecular flexibility index (Phi) is 7.62. The summed E-state index contributed by atoms with van der Waals surface area (Å²) in [6, 6.07) is 16.0. The third-order valence-corrected chi connectivity index (χ3v) is 7.69. The molecule has 2 aromatic rings. The minimum Gasteiger partial charge on any atom is -0.349 e. The van der Waals surface area contributed by atoms with E-state index in [0.29, 0.717) is 18.4 Å². The van der Waals surface area contributed by atoms with Crippen LogP contribution < -0.4 is 5.32 Å². The average Bonchev–Trinajstić information content (AvgIpc) is 2.79. The van der Waals surface area contributed by atoms with Crippen LogP contribution in [0.1, 0.15) is 61.5 Å². The molecule has 0 aliphatic carbocycles. The van der Waals surface area contributed by atoms with Crippen LogP contribution in [0.4, 0.5) is 0 Å². The first-order chi connectivity index (χ1) is 14.8. The van der Waals surface area contributed by atoms with Crippen molar-refractivity contribution in [1.82, 2.24) is 9.62 Å². The van der Waals surface area contributed by atoms with E-state index in [9.17, 15) is 18.0 Å². The number of nitrogens with one attached hydrogen (secondary N) is 1. The Bertz CT molecular complexity index is 1010. The van der Waals surface area contributed by atoms with Gasteiger partial charge in [0.05, 0.1) is 10.9 Å². The Morgan fingerprint density at radius 2 is 1.74 bits per heavy atom. The second kappa shape index (κ2) is 10.2. The number of rotatable bonds is 8. The lowest BCUT2D eigenvalue weighted by Crippen LogP contribution is -2.43. The van der Waals surface area contributed by atoms with Crippen molar-refractivity contribution in [2.24, 2.45) is 5.92 Å². The molecule has 7 heteroatoms. The van der Waals surface area contributed by atoms with Gasteiger partial charge in [-0.2, -0.15) is 4.31 Å². The maximum Gasteiger partial charge on any atom is 0.243 e. The third-order valence-electron chi connectivity index (χ3n) is 5.80. The number of sulfonamides is 1. The molecule has 0 radical (unpaired) electrons. The molecule has 1 aliphatic heterocycles. The number of hydrogen-bond donors (Lipinski definition) is 1. The molecule has 0 spiro atoms. The summed E-state index contributed by atoms with van der Waals surface area (Å²) < 4.78 is 27.4. The smallest absolute Gasteiger partial charge is 0.243 e. The topological polar surface area (TPSA) is 83.6 Å². The Labute approximate surface area is 184 Å². The van der Waals surface area contributed by atoms with E-state index < -0.39 is 10.0 Å². The van der Waals surface area contributed by atoms with Crippen LogP contribution in [0.2, 0.25) is 0 Å². The molecule has 1 heterocycles. The predicted molar refractivity (Wildman–Crippen MR) is 120 cm³/mol. The summed E-state index contributed by atoms with van der Waals surface area (Å²) in [5, 5.41) is 3.16. The summed E-state index contributed by atoms with van der Waals surface area (Å²) in [4.78, 5) is 24.6. The van der Waals surface area contributed by atoms with Crippen LogP contribution >= 0.6 is 0 Å². The number of amides is 1. The van der Waals surface area contributed by atoms with Gasteiger partial charge in [-0.25, -0.2) is 8.42 Å². The van der Waals surface area contributed by atoms with Crippen LogP contribution in [0.5, 0.6) is 0 Å². The zero-order valence-corrected chi connectivity index (χ0v) is 18.9. The van der Waals surface area contributed by atoms with Gasteiger partial charge in [-0.15, -0.1) is 0 Å². The number of nitrogens with zero attached hydrogens (tertiary/aromatic N) is 1. The lowest BCUT2D eigenvalue weighted by Gasteiger charge is -2.31. The third kappa shape index (κ3) is 5.60. The monoisotopic (exact) mass is 442 g/mol. The van der Waals surface area contributed by atoms with Crippen molar-refractivity contribution in [1.29, 1.82) is 0 Å². The summed E-state index contributed by atoms with van der Waals surface area (Å²) in [5.74, 6) is -0.400. The molecule has 1 saturated heterocycles. The van der Waals surface area contributed by atoms with Gasteiger partial charge in [0.25, 0.3) is 0 Å². The summed E-state index contributed by atoms with van der Waals surface area (Å²) in [6.07, 6.45) is 2.77. The molecule has 1 aliphatic rings. The Hall–Kier alpha value is -2.51. The van der Waals surface area contributed by atoms with E-state index in [1.165, 1.54) is 23.4 Å². The van der Waals surface area contributed by atoms with E-state index in [1.807, 2.05) is 30.3 Å². The lowest BCUT2D eigenvalue weighted by molar-refractivity contribution is -0.127. The molecule has 2 aromatic carbocycles. The zero-order valence-electron chi connectivity index (χ0n) is 18.1. The molecule has 1 fully saturated rings. The Morgan fingerprint density at radius 1 is 1.06 bits per heavy atom. The van der Waals surface area contributed by atoms with Crippen LogP contribution in [-0.2, 0) is 14.8 Å². The highest BCUT2D eigenvalue weighted by molar-refractivity contribution is 7.89. The quantitative estimate of drug-likeness (QED) is 0.628. The fourth-order valence-electron chi connectivity index (χ4n) is 3.97. The number of hydrogen-bond acceptors (Lipinski definition) is 4. The molecule has 1 amide bonds. The molecule has 166 valence electrons. The van der Waals surface area contributed by atoms with Crippen molar-refractivity contribution in [2.45, 2.75) is 50.5 Å². The number of benzene rings is 2. The maximum absolute atomic E-state index is 13.0. The van der Waals surface area contributed by atoms with E-state index in [0.717, 1.165) is 18.4 Å². The van der Waals surface area contributed by atoms with Gasteiger partial charge in [0, 0.05) is 24.6 Å². The zero-order chi connectivity index (χ0) is 22.4. The van der Waals surface area contributed by atoms with E-state index in [2.05, 4.69) is 12.2 Å². The number of carbonyl (C=O) groups is 2. The summed E-state index contributed by atoms with van der Waals surface area (Å²) >= 11 is 0. The highest BCUT2D eigenvalue weighted by Gasteiger charge is 2.33. The Morgan fingerprint density at radius 3 is 2.35 bits per heavy atom. The van der Waals surface area contributed by atoms with Crippen molar-refractivity contribution < 1.29 is 18.0 Å². The van der Waals surface area contributed by atoms with Crippen molar-refractivity contribution in [2.75, 3.05) is 13.1 Å². The molecular weight excluding hydrogens is 412 g/mol. The van der Waals surface area contributed by atoms with Crippen molar-refractivity contribution >= 4 is 21.7 Å². The first-order valence-electron chi connectivity index (χ1n) is 10.8. The first-order valence-corrected chi connectivity index (χ1v) is 12.2. The van der Waals surface area contributed by atoms with Crippen LogP contribution in [0.3, 0.4) is 0 Å². The molecule has 31 heavy (non-hydrogen) atoms. The molecular formula is C24H30N2O4S. The average molecular weight is 443 g/mol. The van der Waals surface area contributed by atoms with Gasteiger partial charge in [0.1, 0.15) is 0 Å². The molecule has 3 rings (SSSR count). The second-order valence-corrected chi connectivity index (χ2v) is 9.96. The summed E-state index contributed by atoms with van der Waals surface area (Å²) in [5.41, 5.74) is 1.46. The highest BCUT2D eigenvalue weighted by Crippen LogP contribution is 2.26. The SMILES string of the molecule is CCCC(NC(=O)C1CCN(S(=O)(=O)c2cccc(C(C)=O)c2)CC1)c1ccccc1. The number of ketones is 1. The highest BCUT2D eigenvalue weighted by atomic mass is 32.2. The van der Waals surface area contributed by atoms with Gasteiger partial charge < -0.3 is 5.32 Å². The summed E-state index contributed by atoms with van der Waals surface area (Å²) in [6.45, 7) is 4.08. The molecule has 1 atom stereocenters. The van der Waals surface area contributed by atoms with Gasteiger partial charge in [0.2, 0.25) is 15.9 Å². The number of piperidine rings is 1. The maximum atomic E-state index is 13.0. The van der Waals surface area contributed by atoms with E-state index in [-0.39, 0.29) is 41.6 Å². The van der Waals surface area contributed by atoms with Crippen LogP contribution in [-0.4, -0.2) is 37.5 Å². The summed E-state index contributed by atoms with van der Waals surface area (Å²) in [7, 11) is -3.69. The van der Waals surface area contributed by atoms with Crippen molar-refractivity contribution in [3.8, 4) is 0 Å². The normalized spacial score (nSPS) is 16.6. The van der Waals surface area contributed by atoms with Crippen LogP contribution in [0, 0.1) is 5.92 Å². The standard InChI is InChI=1S/C24H30N2O4S/c1-3-8-23(19-9-5-4-6-10-19)25-24(28)20-13-15-26(16-14-20)31(29,30)22-12-7-11-21(17-22)18(2)27/h4-7,9-12,17,20,23H,3,8,13-16H2,1-2H3,(H,25,28). The predicted octanol–water partition coefficient (Wildman–Crippen LogP) is 3.95. The van der Waals surface area contributed by atoms with Gasteiger partial charge in [0.15, 0.2) is 5.78 Å². The minimum absolute atomic E-state index is 0.0158. The van der Waals surface area contributed by atoms with Crippen molar-refractivity contribution in [3.05, 3.63) is 65.7 Å². The second-order valence-electron chi connectivity index (χ2n) is 8.02. The lowest BCUT2D eigenvalue weighted by atomic mass is 9.95. The van der Waals surface area contributed by atoms with Crippen LogP contribution in [0.15, 0.2) is 59.5 Å². The minimum atomic E-state index is -3.69.